The number of amides is 1. The summed E-state index contributed by atoms with van der Waals surface area (Å²) in [6.07, 6.45) is 3.38. The largest absolute Gasteiger partial charge is 0.382 e. The number of ether oxygens (including phenoxy) is 1. The standard InChI is InChI=1S/C13H16N4O2/c1-19-9-11(13(18)16-14)17-8-7-15-12(17)10-5-3-2-4-6-10/h2-8,11H,9,14H2,1H3,(H,16,18). The van der Waals surface area contributed by atoms with Crippen LogP contribution in [0.15, 0.2) is 42.7 Å². The molecule has 1 unspecified atom stereocenters. The molecule has 6 nitrogen and oxygen atoms in total. The quantitative estimate of drug-likeness (QED) is 0.471. The molecule has 1 heterocycles. The molecule has 0 radical (unpaired) electrons. The maximum atomic E-state index is 11.8. The second kappa shape index (κ2) is 6.12. The fourth-order valence-electron chi connectivity index (χ4n) is 1.91. The highest BCUT2D eigenvalue weighted by atomic mass is 16.5. The van der Waals surface area contributed by atoms with E-state index in [0.717, 1.165) is 5.56 Å². The Hall–Kier alpha value is -2.18. The minimum absolute atomic E-state index is 0.221. The van der Waals surface area contributed by atoms with Gasteiger partial charge in [0.25, 0.3) is 5.91 Å². The van der Waals surface area contributed by atoms with Gasteiger partial charge in [-0.05, 0) is 0 Å². The minimum atomic E-state index is -0.548. The monoisotopic (exact) mass is 260 g/mol. The van der Waals surface area contributed by atoms with Gasteiger partial charge in [0, 0.05) is 25.1 Å². The molecule has 1 atom stereocenters. The van der Waals surface area contributed by atoms with Crippen molar-refractivity contribution >= 4 is 5.91 Å². The zero-order valence-corrected chi connectivity index (χ0v) is 10.6. The van der Waals surface area contributed by atoms with Crippen LogP contribution in [0.3, 0.4) is 0 Å². The van der Waals surface area contributed by atoms with Crippen LogP contribution in [0.2, 0.25) is 0 Å². The Morgan fingerprint density at radius 2 is 2.21 bits per heavy atom. The van der Waals surface area contributed by atoms with Gasteiger partial charge in [0.15, 0.2) is 0 Å². The molecule has 100 valence electrons. The Morgan fingerprint density at radius 3 is 2.84 bits per heavy atom. The Labute approximate surface area is 111 Å². The molecule has 0 saturated heterocycles. The lowest BCUT2D eigenvalue weighted by Gasteiger charge is -2.18. The molecule has 0 bridgehead atoms. The maximum absolute atomic E-state index is 11.8. The summed E-state index contributed by atoms with van der Waals surface area (Å²) in [6, 6.07) is 9.08. The van der Waals surface area contributed by atoms with Crippen LogP contribution in [0, 0.1) is 0 Å². The van der Waals surface area contributed by atoms with Crippen molar-refractivity contribution in [3.8, 4) is 11.4 Å². The summed E-state index contributed by atoms with van der Waals surface area (Å²) in [5.41, 5.74) is 3.08. The molecule has 0 aliphatic heterocycles. The summed E-state index contributed by atoms with van der Waals surface area (Å²) in [7, 11) is 1.54. The van der Waals surface area contributed by atoms with Gasteiger partial charge in [-0.1, -0.05) is 30.3 Å². The van der Waals surface area contributed by atoms with E-state index in [1.165, 1.54) is 7.11 Å². The van der Waals surface area contributed by atoms with Gasteiger partial charge >= 0.3 is 0 Å². The molecule has 0 aliphatic rings. The van der Waals surface area contributed by atoms with E-state index >= 15 is 0 Å². The molecule has 3 N–H and O–H groups in total. The summed E-state index contributed by atoms with van der Waals surface area (Å²) in [5, 5.41) is 0. The zero-order valence-electron chi connectivity index (χ0n) is 10.6. The first kappa shape index (κ1) is 13.3. The number of nitrogens with one attached hydrogen (secondary N) is 1. The van der Waals surface area contributed by atoms with Crippen LogP contribution in [-0.2, 0) is 9.53 Å². The second-order valence-corrected chi connectivity index (χ2v) is 4.00. The van der Waals surface area contributed by atoms with Gasteiger partial charge in [-0.2, -0.15) is 0 Å². The number of benzene rings is 1. The predicted octanol–water partition coefficient (Wildman–Crippen LogP) is 0.727. The molecule has 19 heavy (non-hydrogen) atoms. The maximum Gasteiger partial charge on any atom is 0.259 e. The molecule has 6 heteroatoms. The Bertz CT molecular complexity index is 539. The van der Waals surface area contributed by atoms with Crippen molar-refractivity contribution in [1.82, 2.24) is 15.0 Å². The van der Waals surface area contributed by atoms with E-state index in [1.54, 1.807) is 17.0 Å². The molecule has 2 rings (SSSR count). The van der Waals surface area contributed by atoms with Crippen molar-refractivity contribution < 1.29 is 9.53 Å². The third-order valence-corrected chi connectivity index (χ3v) is 2.81. The van der Waals surface area contributed by atoms with Crippen LogP contribution in [0.25, 0.3) is 11.4 Å². The van der Waals surface area contributed by atoms with Crippen molar-refractivity contribution in [3.63, 3.8) is 0 Å². The lowest BCUT2D eigenvalue weighted by molar-refractivity contribution is -0.125. The Kier molecular flexibility index (Phi) is 4.27. The fraction of sp³-hybridized carbons (Fsp3) is 0.231. The lowest BCUT2D eigenvalue weighted by Crippen LogP contribution is -2.39. The van der Waals surface area contributed by atoms with Crippen molar-refractivity contribution in [3.05, 3.63) is 42.7 Å². The molecular formula is C13H16N4O2. The number of carbonyl (C=O) groups excluding carboxylic acids is 1. The van der Waals surface area contributed by atoms with E-state index in [4.69, 9.17) is 10.6 Å². The van der Waals surface area contributed by atoms with Crippen LogP contribution in [0.1, 0.15) is 6.04 Å². The lowest BCUT2D eigenvalue weighted by atomic mass is 10.2. The molecule has 0 saturated carbocycles. The van der Waals surface area contributed by atoms with Crippen LogP contribution in [0.4, 0.5) is 0 Å². The van der Waals surface area contributed by atoms with E-state index in [0.29, 0.717) is 5.82 Å². The van der Waals surface area contributed by atoms with Gasteiger partial charge in [0.2, 0.25) is 0 Å². The number of hydrogen-bond acceptors (Lipinski definition) is 4. The van der Waals surface area contributed by atoms with E-state index in [-0.39, 0.29) is 12.5 Å². The number of nitrogens with two attached hydrogens (primary N) is 1. The molecule has 0 spiro atoms. The zero-order chi connectivity index (χ0) is 13.7. The number of methoxy groups -OCH3 is 1. The van der Waals surface area contributed by atoms with Gasteiger partial charge in [0.1, 0.15) is 11.9 Å². The van der Waals surface area contributed by atoms with Crippen molar-refractivity contribution in [2.75, 3.05) is 13.7 Å². The van der Waals surface area contributed by atoms with Crippen LogP contribution < -0.4 is 11.3 Å². The second-order valence-electron chi connectivity index (χ2n) is 4.00. The molecule has 2 aromatic rings. The normalized spacial score (nSPS) is 12.1. The minimum Gasteiger partial charge on any atom is -0.382 e. The van der Waals surface area contributed by atoms with Crippen LogP contribution >= 0.6 is 0 Å². The molecule has 0 fully saturated rings. The van der Waals surface area contributed by atoms with Gasteiger partial charge in [-0.3, -0.25) is 10.2 Å². The molecule has 1 amide bonds. The average molecular weight is 260 g/mol. The molecule has 1 aromatic heterocycles. The van der Waals surface area contributed by atoms with Crippen molar-refractivity contribution in [2.24, 2.45) is 5.84 Å². The number of hydrazine groups is 1. The third-order valence-electron chi connectivity index (χ3n) is 2.81. The van der Waals surface area contributed by atoms with Crippen LogP contribution in [-0.4, -0.2) is 29.2 Å². The number of hydrogen-bond donors (Lipinski definition) is 2. The number of imidazole rings is 1. The predicted molar refractivity (Wildman–Crippen MR) is 70.9 cm³/mol. The Balaban J connectivity index is 2.39. The highest BCUT2D eigenvalue weighted by Crippen LogP contribution is 2.21. The highest BCUT2D eigenvalue weighted by Gasteiger charge is 2.22. The van der Waals surface area contributed by atoms with Crippen molar-refractivity contribution in [1.29, 1.82) is 0 Å². The molecular weight excluding hydrogens is 244 g/mol. The number of rotatable bonds is 5. The first-order valence-electron chi connectivity index (χ1n) is 5.85. The summed E-state index contributed by atoms with van der Waals surface area (Å²) >= 11 is 0. The summed E-state index contributed by atoms with van der Waals surface area (Å²) in [6.45, 7) is 0.221. The third kappa shape index (κ3) is 2.81. The average Bonchev–Trinajstić information content (AvgIpc) is 2.94. The number of aromatic nitrogens is 2. The summed E-state index contributed by atoms with van der Waals surface area (Å²) in [5.74, 6) is 5.59. The topological polar surface area (TPSA) is 82.2 Å². The van der Waals surface area contributed by atoms with Gasteiger partial charge in [-0.25, -0.2) is 10.8 Å². The highest BCUT2D eigenvalue weighted by molar-refractivity contribution is 5.80. The fourth-order valence-corrected chi connectivity index (χ4v) is 1.91. The van der Waals surface area contributed by atoms with Gasteiger partial charge < -0.3 is 9.30 Å². The van der Waals surface area contributed by atoms with Crippen molar-refractivity contribution in [2.45, 2.75) is 6.04 Å². The smallest absolute Gasteiger partial charge is 0.259 e. The molecule has 0 aliphatic carbocycles. The van der Waals surface area contributed by atoms with E-state index in [2.05, 4.69) is 10.4 Å². The first-order valence-corrected chi connectivity index (χ1v) is 5.85. The van der Waals surface area contributed by atoms with Gasteiger partial charge in [-0.15, -0.1) is 0 Å². The van der Waals surface area contributed by atoms with E-state index in [1.807, 2.05) is 30.3 Å². The Morgan fingerprint density at radius 1 is 1.47 bits per heavy atom. The molecule has 1 aromatic carbocycles. The van der Waals surface area contributed by atoms with E-state index in [9.17, 15) is 4.79 Å². The summed E-state index contributed by atoms with van der Waals surface area (Å²) in [4.78, 5) is 16.1. The first-order chi connectivity index (χ1) is 9.27. The summed E-state index contributed by atoms with van der Waals surface area (Å²) < 4.78 is 6.83. The number of carbonyl (C=O) groups is 1. The SMILES string of the molecule is COCC(C(=O)NN)n1ccnc1-c1ccccc1. The van der Waals surface area contributed by atoms with Crippen LogP contribution in [0.5, 0.6) is 0 Å². The van der Waals surface area contributed by atoms with E-state index < -0.39 is 6.04 Å². The van der Waals surface area contributed by atoms with Gasteiger partial charge in [0.05, 0.1) is 6.61 Å². The number of nitrogens with zero attached hydrogens (tertiary/aromatic N) is 2.